The summed E-state index contributed by atoms with van der Waals surface area (Å²) in [6.07, 6.45) is 0. The largest absolute Gasteiger partial charge is 0.477 e. The van der Waals surface area contributed by atoms with Crippen LogP contribution in [0.2, 0.25) is 0 Å². The van der Waals surface area contributed by atoms with Gasteiger partial charge in [0, 0.05) is 10.9 Å². The molecular formula is C10H10N2O2. The summed E-state index contributed by atoms with van der Waals surface area (Å²) in [6, 6.07) is 5.57. The Morgan fingerprint density at radius 2 is 2.21 bits per heavy atom. The van der Waals surface area contributed by atoms with Gasteiger partial charge in [-0.2, -0.15) is 0 Å². The van der Waals surface area contributed by atoms with Gasteiger partial charge in [0.05, 0.1) is 5.69 Å². The molecular weight excluding hydrogens is 180 g/mol. The summed E-state index contributed by atoms with van der Waals surface area (Å²) in [5, 5.41) is 9.64. The Labute approximate surface area is 80.3 Å². The molecule has 0 radical (unpaired) electrons. The fourth-order valence-electron chi connectivity index (χ4n) is 1.63. The van der Waals surface area contributed by atoms with Gasteiger partial charge in [-0.05, 0) is 18.6 Å². The Bertz CT molecular complexity index is 514. The number of carboxylic acids is 1. The molecule has 2 rings (SSSR count). The molecule has 14 heavy (non-hydrogen) atoms. The SMILES string of the molecule is Cc1cccc2[nH]c(C(=O)O)c(N)c12. The summed E-state index contributed by atoms with van der Waals surface area (Å²) in [5.41, 5.74) is 7.84. The summed E-state index contributed by atoms with van der Waals surface area (Å²) in [6.45, 7) is 1.90. The van der Waals surface area contributed by atoms with E-state index in [2.05, 4.69) is 4.98 Å². The average Bonchev–Trinajstić information content (AvgIpc) is 2.45. The van der Waals surface area contributed by atoms with Crippen LogP contribution in [0.1, 0.15) is 16.1 Å². The summed E-state index contributed by atoms with van der Waals surface area (Å²) in [5.74, 6) is -1.03. The molecule has 0 atom stereocenters. The number of hydrogen-bond donors (Lipinski definition) is 3. The molecule has 0 saturated heterocycles. The molecule has 1 aromatic carbocycles. The first-order valence-corrected chi connectivity index (χ1v) is 4.21. The zero-order valence-corrected chi connectivity index (χ0v) is 7.66. The number of rotatable bonds is 1. The predicted molar refractivity (Wildman–Crippen MR) is 54.4 cm³/mol. The number of anilines is 1. The summed E-state index contributed by atoms with van der Waals surface area (Å²) < 4.78 is 0. The van der Waals surface area contributed by atoms with Crippen molar-refractivity contribution in [2.75, 3.05) is 5.73 Å². The summed E-state index contributed by atoms with van der Waals surface area (Å²) >= 11 is 0. The lowest BCUT2D eigenvalue weighted by Gasteiger charge is -1.96. The van der Waals surface area contributed by atoms with Gasteiger partial charge in [-0.25, -0.2) is 4.79 Å². The van der Waals surface area contributed by atoms with Crippen LogP contribution < -0.4 is 5.73 Å². The minimum absolute atomic E-state index is 0.0642. The first-order valence-electron chi connectivity index (χ1n) is 4.21. The number of nitrogens with two attached hydrogens (primary N) is 1. The number of carbonyl (C=O) groups is 1. The van der Waals surface area contributed by atoms with Crippen molar-refractivity contribution >= 4 is 22.6 Å². The van der Waals surface area contributed by atoms with E-state index < -0.39 is 5.97 Å². The second kappa shape index (κ2) is 2.77. The van der Waals surface area contributed by atoms with Crippen LogP contribution in [0.4, 0.5) is 5.69 Å². The fourth-order valence-corrected chi connectivity index (χ4v) is 1.63. The zero-order valence-electron chi connectivity index (χ0n) is 7.66. The first kappa shape index (κ1) is 8.62. The predicted octanol–water partition coefficient (Wildman–Crippen LogP) is 1.76. The third-order valence-corrected chi connectivity index (χ3v) is 2.29. The Balaban J connectivity index is 2.87. The maximum atomic E-state index is 10.8. The standard InChI is InChI=1S/C10H10N2O2/c1-5-3-2-4-6-7(5)8(11)9(12-6)10(13)14/h2-4,12H,11H2,1H3,(H,13,14). The van der Waals surface area contributed by atoms with Crippen molar-refractivity contribution in [3.63, 3.8) is 0 Å². The topological polar surface area (TPSA) is 79.1 Å². The molecule has 0 saturated carbocycles. The van der Waals surface area contributed by atoms with E-state index in [9.17, 15) is 4.79 Å². The fraction of sp³-hybridized carbons (Fsp3) is 0.100. The van der Waals surface area contributed by atoms with E-state index >= 15 is 0 Å². The van der Waals surface area contributed by atoms with E-state index in [4.69, 9.17) is 10.8 Å². The number of fused-ring (bicyclic) bond motifs is 1. The minimum Gasteiger partial charge on any atom is -0.477 e. The van der Waals surface area contributed by atoms with Crippen LogP contribution in [0, 0.1) is 6.92 Å². The third kappa shape index (κ3) is 1.04. The van der Waals surface area contributed by atoms with Crippen molar-refractivity contribution in [3.8, 4) is 0 Å². The second-order valence-electron chi connectivity index (χ2n) is 3.22. The highest BCUT2D eigenvalue weighted by atomic mass is 16.4. The smallest absolute Gasteiger partial charge is 0.354 e. The minimum atomic E-state index is -1.03. The lowest BCUT2D eigenvalue weighted by atomic mass is 10.1. The lowest BCUT2D eigenvalue weighted by molar-refractivity contribution is 0.0692. The summed E-state index contributed by atoms with van der Waals surface area (Å²) in [7, 11) is 0. The van der Waals surface area contributed by atoms with Crippen molar-refractivity contribution in [1.29, 1.82) is 0 Å². The summed E-state index contributed by atoms with van der Waals surface area (Å²) in [4.78, 5) is 13.6. The van der Waals surface area contributed by atoms with Gasteiger partial charge in [0.25, 0.3) is 0 Å². The van der Waals surface area contributed by atoms with E-state index in [1.807, 2.05) is 25.1 Å². The molecule has 72 valence electrons. The van der Waals surface area contributed by atoms with E-state index in [-0.39, 0.29) is 5.69 Å². The molecule has 0 aliphatic heterocycles. The van der Waals surface area contributed by atoms with Gasteiger partial charge in [-0.1, -0.05) is 12.1 Å². The van der Waals surface area contributed by atoms with Crippen LogP contribution in [-0.2, 0) is 0 Å². The van der Waals surface area contributed by atoms with E-state index in [0.29, 0.717) is 5.69 Å². The van der Waals surface area contributed by atoms with Crippen LogP contribution in [0.5, 0.6) is 0 Å². The number of aromatic carboxylic acids is 1. The molecule has 4 N–H and O–H groups in total. The molecule has 0 amide bonds. The molecule has 4 nitrogen and oxygen atoms in total. The van der Waals surface area contributed by atoms with Gasteiger partial charge in [0.2, 0.25) is 0 Å². The van der Waals surface area contributed by atoms with E-state index in [1.54, 1.807) is 0 Å². The van der Waals surface area contributed by atoms with Crippen LogP contribution in [0.25, 0.3) is 10.9 Å². The van der Waals surface area contributed by atoms with Crippen molar-refractivity contribution < 1.29 is 9.90 Å². The molecule has 0 aliphatic carbocycles. The highest BCUT2D eigenvalue weighted by molar-refractivity contribution is 6.05. The number of H-pyrrole nitrogens is 1. The molecule has 4 heteroatoms. The van der Waals surface area contributed by atoms with Gasteiger partial charge in [0.1, 0.15) is 5.69 Å². The van der Waals surface area contributed by atoms with Gasteiger partial charge in [-0.15, -0.1) is 0 Å². The average molecular weight is 190 g/mol. The van der Waals surface area contributed by atoms with Crippen LogP contribution in [-0.4, -0.2) is 16.1 Å². The van der Waals surface area contributed by atoms with Gasteiger partial charge in [0.15, 0.2) is 0 Å². The number of aryl methyl sites for hydroxylation is 1. The van der Waals surface area contributed by atoms with Crippen LogP contribution in [0.3, 0.4) is 0 Å². The maximum Gasteiger partial charge on any atom is 0.354 e. The van der Waals surface area contributed by atoms with Crippen molar-refractivity contribution in [3.05, 3.63) is 29.5 Å². The van der Waals surface area contributed by atoms with Gasteiger partial charge in [-0.3, -0.25) is 0 Å². The zero-order chi connectivity index (χ0) is 10.3. The Morgan fingerprint density at radius 3 is 2.79 bits per heavy atom. The number of nitrogens with one attached hydrogen (secondary N) is 1. The van der Waals surface area contributed by atoms with Crippen molar-refractivity contribution in [2.45, 2.75) is 6.92 Å². The van der Waals surface area contributed by atoms with Crippen molar-refractivity contribution in [2.24, 2.45) is 0 Å². The van der Waals surface area contributed by atoms with Crippen LogP contribution in [0.15, 0.2) is 18.2 Å². The van der Waals surface area contributed by atoms with Crippen molar-refractivity contribution in [1.82, 2.24) is 4.98 Å². The van der Waals surface area contributed by atoms with E-state index in [1.165, 1.54) is 0 Å². The molecule has 0 unspecified atom stereocenters. The lowest BCUT2D eigenvalue weighted by Crippen LogP contribution is -2.00. The second-order valence-corrected chi connectivity index (χ2v) is 3.22. The number of benzene rings is 1. The maximum absolute atomic E-state index is 10.8. The van der Waals surface area contributed by atoms with Gasteiger partial charge < -0.3 is 15.8 Å². The Morgan fingerprint density at radius 1 is 1.50 bits per heavy atom. The number of aromatic nitrogens is 1. The first-order chi connectivity index (χ1) is 6.61. The highest BCUT2D eigenvalue weighted by Crippen LogP contribution is 2.27. The quantitative estimate of drug-likeness (QED) is 0.641. The third-order valence-electron chi connectivity index (χ3n) is 2.29. The molecule has 1 aromatic heterocycles. The Kier molecular flexibility index (Phi) is 1.70. The number of carboxylic acid groups (broad SMARTS) is 1. The number of aromatic amines is 1. The number of nitrogen functional groups attached to an aromatic ring is 1. The highest BCUT2D eigenvalue weighted by Gasteiger charge is 2.14. The molecule has 0 spiro atoms. The van der Waals surface area contributed by atoms with Gasteiger partial charge >= 0.3 is 5.97 Å². The normalized spacial score (nSPS) is 10.6. The van der Waals surface area contributed by atoms with E-state index in [0.717, 1.165) is 16.5 Å². The molecule has 0 fully saturated rings. The Hall–Kier alpha value is -1.97. The monoisotopic (exact) mass is 190 g/mol. The molecule has 2 aromatic rings. The molecule has 0 bridgehead atoms. The van der Waals surface area contributed by atoms with Crippen LogP contribution >= 0.6 is 0 Å². The molecule has 0 aliphatic rings. The molecule has 1 heterocycles. The number of hydrogen-bond acceptors (Lipinski definition) is 2.